The molecule has 3 fully saturated rings. The number of rotatable bonds is 9. The highest BCUT2D eigenvalue weighted by Crippen LogP contribution is 2.54. The Labute approximate surface area is 280 Å². The molecule has 2 saturated carbocycles. The zero-order valence-electron chi connectivity index (χ0n) is 27.1. The number of primary amides is 1. The molecule has 0 unspecified atom stereocenters. The number of nitrogens with two attached hydrogens (primary N) is 1. The maximum absolute atomic E-state index is 16.0. The van der Waals surface area contributed by atoms with Crippen molar-refractivity contribution in [1.29, 1.82) is 0 Å². The van der Waals surface area contributed by atoms with Crippen molar-refractivity contribution < 1.29 is 37.0 Å². The minimum atomic E-state index is -3.75. The zero-order valence-corrected chi connectivity index (χ0v) is 27.1. The molecule has 1 spiro atoms. The van der Waals surface area contributed by atoms with Crippen molar-refractivity contribution in [2.24, 2.45) is 10.7 Å². The molecule has 256 valence electrons. The third-order valence-electron chi connectivity index (χ3n) is 9.86. The van der Waals surface area contributed by atoms with Gasteiger partial charge in [0.15, 0.2) is 11.5 Å². The van der Waals surface area contributed by atoms with E-state index in [0.29, 0.717) is 82.5 Å². The number of halogens is 3. The molecule has 5 aliphatic rings. The molecule has 2 amide bonds. The van der Waals surface area contributed by atoms with Gasteiger partial charge in [-0.3, -0.25) is 14.6 Å². The van der Waals surface area contributed by atoms with Gasteiger partial charge in [-0.25, -0.2) is 14.4 Å². The van der Waals surface area contributed by atoms with E-state index in [-0.39, 0.29) is 42.5 Å². The van der Waals surface area contributed by atoms with Gasteiger partial charge in [0.1, 0.15) is 23.0 Å². The second-order valence-electron chi connectivity index (χ2n) is 13.5. The molecule has 3 N–H and O–H groups in total. The van der Waals surface area contributed by atoms with Gasteiger partial charge in [0.05, 0.1) is 19.1 Å². The minimum absolute atomic E-state index is 0.000968. The lowest BCUT2D eigenvalue weighted by Gasteiger charge is -2.38. The Bertz CT molecular complexity index is 1910. The molecule has 0 bridgehead atoms. The Balaban J connectivity index is 1.10. The predicted octanol–water partition coefficient (Wildman–Crippen LogP) is 4.72. The number of amides is 2. The van der Waals surface area contributed by atoms with Gasteiger partial charge in [-0.15, -0.1) is 8.78 Å². The first kappa shape index (κ1) is 31.5. The number of hydrogen-bond acceptors (Lipinski definition) is 9. The van der Waals surface area contributed by atoms with E-state index >= 15 is 4.39 Å². The summed E-state index contributed by atoms with van der Waals surface area (Å²) in [5.41, 5.74) is 8.94. The number of hydrogen-bond donors (Lipinski definition) is 2. The summed E-state index contributed by atoms with van der Waals surface area (Å²) in [5, 5.41) is 2.93. The zero-order chi connectivity index (χ0) is 34.2. The van der Waals surface area contributed by atoms with Crippen LogP contribution >= 0.6 is 0 Å². The van der Waals surface area contributed by atoms with Crippen LogP contribution in [0.1, 0.15) is 78.3 Å². The van der Waals surface area contributed by atoms with Gasteiger partial charge in [0.25, 0.3) is 5.91 Å². The van der Waals surface area contributed by atoms with Crippen LogP contribution in [-0.4, -0.2) is 58.6 Å². The third-order valence-corrected chi connectivity index (χ3v) is 9.86. The number of fused-ring (bicyclic) bond motifs is 1. The fraction of sp³-hybridized carbons (Fsp3) is 0.457. The first-order valence-corrected chi connectivity index (χ1v) is 16.6. The molecular weight excluding hydrogens is 641 g/mol. The van der Waals surface area contributed by atoms with E-state index in [1.54, 1.807) is 19.9 Å². The molecular formula is C35H35F3N6O5. The molecule has 3 aliphatic heterocycles. The second kappa shape index (κ2) is 11.4. The lowest BCUT2D eigenvalue weighted by atomic mass is 9.87. The molecule has 8 rings (SSSR count). The molecule has 11 nitrogen and oxygen atoms in total. The van der Waals surface area contributed by atoms with Gasteiger partial charge < -0.3 is 30.2 Å². The predicted molar refractivity (Wildman–Crippen MR) is 171 cm³/mol. The number of aryl methyl sites for hydroxylation is 2. The quantitative estimate of drug-likeness (QED) is 0.332. The number of alkyl halides is 2. The lowest BCUT2D eigenvalue weighted by Crippen LogP contribution is -2.49. The Hall–Kier alpha value is -4.72. The summed E-state index contributed by atoms with van der Waals surface area (Å²) < 4.78 is 59.6. The van der Waals surface area contributed by atoms with E-state index in [1.165, 1.54) is 12.1 Å². The maximum Gasteiger partial charge on any atom is 0.586 e. The number of piperidine rings is 1. The molecule has 14 heteroatoms. The van der Waals surface area contributed by atoms with Crippen molar-refractivity contribution >= 4 is 23.3 Å². The number of nitrogens with one attached hydrogen (secondary N) is 1. The lowest BCUT2D eigenvalue weighted by molar-refractivity contribution is -0.287. The van der Waals surface area contributed by atoms with Crippen LogP contribution in [0.5, 0.6) is 11.5 Å². The first-order valence-electron chi connectivity index (χ1n) is 16.6. The van der Waals surface area contributed by atoms with Gasteiger partial charge in [-0.05, 0) is 88.1 Å². The summed E-state index contributed by atoms with van der Waals surface area (Å²) in [6.07, 6.45) is 0.469. The Morgan fingerprint density at radius 2 is 1.80 bits per heavy atom. The fourth-order valence-corrected chi connectivity index (χ4v) is 7.18. The highest BCUT2D eigenvalue weighted by molar-refractivity contribution is 6.16. The van der Waals surface area contributed by atoms with Crippen LogP contribution in [0.3, 0.4) is 0 Å². The van der Waals surface area contributed by atoms with E-state index in [0.717, 1.165) is 25.7 Å². The van der Waals surface area contributed by atoms with Crippen LogP contribution in [0.4, 0.5) is 18.9 Å². The number of carbonyl (C=O) groups excluding carboxylic acids is 2. The number of benzene rings is 2. The average Bonchev–Trinajstić information content (AvgIpc) is 3.96. The Morgan fingerprint density at radius 1 is 1.08 bits per heavy atom. The molecule has 4 heterocycles. The molecule has 1 saturated heterocycles. The van der Waals surface area contributed by atoms with E-state index in [2.05, 4.69) is 24.9 Å². The topological polar surface area (TPSA) is 141 Å². The van der Waals surface area contributed by atoms with Gasteiger partial charge >= 0.3 is 6.29 Å². The summed E-state index contributed by atoms with van der Waals surface area (Å²) in [7, 11) is 0. The smallest absolute Gasteiger partial charge is 0.395 e. The van der Waals surface area contributed by atoms with Gasteiger partial charge in [-0.1, -0.05) is 0 Å². The molecule has 49 heavy (non-hydrogen) atoms. The van der Waals surface area contributed by atoms with E-state index in [1.807, 2.05) is 6.07 Å². The van der Waals surface area contributed by atoms with E-state index in [4.69, 9.17) is 20.2 Å². The van der Waals surface area contributed by atoms with Crippen molar-refractivity contribution in [1.82, 2.24) is 15.3 Å². The summed E-state index contributed by atoms with van der Waals surface area (Å²) >= 11 is 0. The number of carbonyl (C=O) groups is 2. The second-order valence-corrected chi connectivity index (χ2v) is 13.5. The van der Waals surface area contributed by atoms with Crippen molar-refractivity contribution in [3.8, 4) is 22.6 Å². The molecule has 2 aliphatic carbocycles. The van der Waals surface area contributed by atoms with Crippen LogP contribution in [0.15, 0.2) is 29.3 Å². The molecule has 2 aromatic carbocycles. The fourth-order valence-electron chi connectivity index (χ4n) is 7.18. The van der Waals surface area contributed by atoms with Crippen LogP contribution in [0.25, 0.3) is 11.1 Å². The average molecular weight is 677 g/mol. The number of aromatic nitrogens is 2. The Morgan fingerprint density at radius 3 is 2.45 bits per heavy atom. The standard InChI is InChI=1S/C35H35F3N6O5/c1-17-29(18(2)41-28(40-17)15-27(39)45)20-13-24(36)23(16-47-21-5-6-21)25(14-20)44-11-9-34(10-12-44)33(46)42-32(43-34)22-7-8-26-31(30(22)19-3-4-19)49-35(37,38)48-26/h7-8,13-14,19,21H,3-6,9-12,15-16H2,1-2H3,(H2,39,45)(H,42,43,46). The van der Waals surface area contributed by atoms with E-state index < -0.39 is 23.6 Å². The van der Waals surface area contributed by atoms with Gasteiger partial charge in [0, 0.05) is 52.4 Å². The van der Waals surface area contributed by atoms with E-state index in [9.17, 15) is 18.4 Å². The number of amidine groups is 1. The number of anilines is 1. The van der Waals surface area contributed by atoms with Crippen molar-refractivity contribution in [3.63, 3.8) is 0 Å². The number of ether oxygens (including phenoxy) is 3. The van der Waals surface area contributed by atoms with Crippen LogP contribution in [-0.2, 0) is 27.4 Å². The van der Waals surface area contributed by atoms with Gasteiger partial charge in [0.2, 0.25) is 5.91 Å². The SMILES string of the molecule is Cc1nc(CC(N)=O)nc(C)c1-c1cc(F)c(COC2CC2)c(N2CCC3(CC2)N=C(c2ccc4c(c2C2CC2)OC(F)(F)O4)NC3=O)c1. The van der Waals surface area contributed by atoms with Gasteiger partial charge in [-0.2, -0.15) is 0 Å². The third kappa shape index (κ3) is 5.85. The number of aliphatic imine (C=N–C) groups is 1. The number of nitrogens with zero attached hydrogens (tertiary/aromatic N) is 4. The largest absolute Gasteiger partial charge is 0.586 e. The van der Waals surface area contributed by atoms with Crippen LogP contribution in [0, 0.1) is 19.7 Å². The molecule has 3 aromatic rings. The molecule has 0 atom stereocenters. The normalized spacial score (nSPS) is 20.5. The molecule has 0 radical (unpaired) electrons. The highest BCUT2D eigenvalue weighted by Gasteiger charge is 2.50. The highest BCUT2D eigenvalue weighted by atomic mass is 19.3. The summed E-state index contributed by atoms with van der Waals surface area (Å²) in [6.45, 7) is 4.48. The molecule has 1 aromatic heterocycles. The van der Waals surface area contributed by atoms with Crippen LogP contribution in [0.2, 0.25) is 0 Å². The summed E-state index contributed by atoms with van der Waals surface area (Å²) in [5.74, 6) is -0.608. The van der Waals surface area contributed by atoms with Crippen molar-refractivity contribution in [3.05, 3.63) is 64.0 Å². The van der Waals surface area contributed by atoms with Crippen molar-refractivity contribution in [2.45, 2.75) is 89.3 Å². The van der Waals surface area contributed by atoms with Crippen molar-refractivity contribution in [2.75, 3.05) is 18.0 Å². The monoisotopic (exact) mass is 676 g/mol. The maximum atomic E-state index is 16.0. The summed E-state index contributed by atoms with van der Waals surface area (Å²) in [6, 6.07) is 6.45. The van der Waals surface area contributed by atoms with Crippen LogP contribution < -0.4 is 25.4 Å². The minimum Gasteiger partial charge on any atom is -0.395 e. The Kier molecular flexibility index (Phi) is 7.36. The first-order chi connectivity index (χ1) is 23.4. The summed E-state index contributed by atoms with van der Waals surface area (Å²) in [4.78, 5) is 41.0.